The van der Waals surface area contributed by atoms with Gasteiger partial charge in [0.05, 0.1) is 30.8 Å². The minimum Gasteiger partial charge on any atom is -0.493 e. The summed E-state index contributed by atoms with van der Waals surface area (Å²) < 4.78 is 5.73. The molecule has 0 bridgehead atoms. The maximum atomic E-state index is 9.03. The number of aliphatic hydroxyl groups excluding tert-OH is 1. The second-order valence-corrected chi connectivity index (χ2v) is 7.17. The van der Waals surface area contributed by atoms with Gasteiger partial charge >= 0.3 is 0 Å². The number of nitrogens with one attached hydrogen (secondary N) is 1. The van der Waals surface area contributed by atoms with E-state index < -0.39 is 0 Å². The summed E-state index contributed by atoms with van der Waals surface area (Å²) in [6.07, 6.45) is 3.45. The number of aromatic nitrogens is 3. The predicted octanol–water partition coefficient (Wildman–Crippen LogP) is 3.75. The van der Waals surface area contributed by atoms with Gasteiger partial charge in [-0.25, -0.2) is 15.0 Å². The van der Waals surface area contributed by atoms with E-state index in [4.69, 9.17) is 9.84 Å². The van der Waals surface area contributed by atoms with E-state index >= 15 is 0 Å². The molecule has 0 saturated heterocycles. The molecular weight excluding hydrogens is 366 g/mol. The Morgan fingerprint density at radius 3 is 2.52 bits per heavy atom. The molecular formula is C22H27N5O2. The lowest BCUT2D eigenvalue weighted by Crippen LogP contribution is -2.22. The van der Waals surface area contributed by atoms with Crippen LogP contribution < -0.4 is 15.0 Å². The van der Waals surface area contributed by atoms with Crippen LogP contribution in [0.1, 0.15) is 13.8 Å². The van der Waals surface area contributed by atoms with E-state index in [9.17, 15) is 0 Å². The molecule has 0 atom stereocenters. The van der Waals surface area contributed by atoms with E-state index in [1.54, 1.807) is 12.4 Å². The van der Waals surface area contributed by atoms with Crippen molar-refractivity contribution in [3.8, 4) is 17.0 Å². The Morgan fingerprint density at radius 1 is 1.07 bits per heavy atom. The quantitative estimate of drug-likeness (QED) is 0.573. The SMILES string of the molecule is CC(C)COc1ccc(-c2ccnc(Nc3ccc(N(C)CCO)nc3)n2)cc1. The average Bonchev–Trinajstić information content (AvgIpc) is 2.73. The van der Waals surface area contributed by atoms with E-state index in [1.807, 2.05) is 54.4 Å². The summed E-state index contributed by atoms with van der Waals surface area (Å²) in [6, 6.07) is 13.6. The molecule has 7 heteroatoms. The highest BCUT2D eigenvalue weighted by molar-refractivity contribution is 5.62. The predicted molar refractivity (Wildman–Crippen MR) is 116 cm³/mol. The van der Waals surface area contributed by atoms with Gasteiger partial charge in [0, 0.05) is 25.4 Å². The molecule has 0 aliphatic rings. The van der Waals surface area contributed by atoms with Crippen LogP contribution in [-0.4, -0.2) is 46.9 Å². The number of anilines is 3. The van der Waals surface area contributed by atoms with Gasteiger partial charge in [-0.05, 0) is 48.4 Å². The van der Waals surface area contributed by atoms with E-state index in [-0.39, 0.29) is 6.61 Å². The fourth-order valence-electron chi connectivity index (χ4n) is 2.64. The van der Waals surface area contributed by atoms with Crippen molar-refractivity contribution in [2.45, 2.75) is 13.8 Å². The van der Waals surface area contributed by atoms with E-state index in [1.165, 1.54) is 0 Å². The second kappa shape index (κ2) is 9.84. The molecule has 0 aliphatic carbocycles. The molecule has 0 fully saturated rings. The molecule has 29 heavy (non-hydrogen) atoms. The zero-order valence-corrected chi connectivity index (χ0v) is 17.0. The van der Waals surface area contributed by atoms with Gasteiger partial charge in [-0.3, -0.25) is 0 Å². The van der Waals surface area contributed by atoms with Gasteiger partial charge in [0.25, 0.3) is 0 Å². The van der Waals surface area contributed by atoms with Gasteiger partial charge in [-0.1, -0.05) is 13.8 Å². The molecule has 3 aromatic rings. The topological polar surface area (TPSA) is 83.4 Å². The van der Waals surface area contributed by atoms with Crippen molar-refractivity contribution < 1.29 is 9.84 Å². The number of rotatable bonds is 9. The van der Waals surface area contributed by atoms with Crippen LogP contribution in [0.3, 0.4) is 0 Å². The summed E-state index contributed by atoms with van der Waals surface area (Å²) in [5.41, 5.74) is 2.61. The smallest absolute Gasteiger partial charge is 0.227 e. The number of hydrogen-bond acceptors (Lipinski definition) is 7. The van der Waals surface area contributed by atoms with Crippen molar-refractivity contribution in [3.63, 3.8) is 0 Å². The second-order valence-electron chi connectivity index (χ2n) is 7.17. The minimum atomic E-state index is 0.0869. The van der Waals surface area contributed by atoms with Crippen LogP contribution in [0.5, 0.6) is 5.75 Å². The molecule has 0 radical (unpaired) electrons. The van der Waals surface area contributed by atoms with Crippen LogP contribution in [0.4, 0.5) is 17.5 Å². The lowest BCUT2D eigenvalue weighted by atomic mass is 10.1. The van der Waals surface area contributed by atoms with Gasteiger partial charge in [0.1, 0.15) is 11.6 Å². The Labute approximate surface area is 171 Å². The number of aliphatic hydroxyl groups is 1. The van der Waals surface area contributed by atoms with Gasteiger partial charge < -0.3 is 20.1 Å². The van der Waals surface area contributed by atoms with Crippen molar-refractivity contribution in [1.29, 1.82) is 0 Å². The van der Waals surface area contributed by atoms with Gasteiger partial charge in [0.15, 0.2) is 0 Å². The molecule has 0 saturated carbocycles. The standard InChI is InChI=1S/C22H27N5O2/c1-16(2)15-29-19-7-4-17(5-8-19)20-10-11-23-22(26-20)25-18-6-9-21(24-14-18)27(3)12-13-28/h4-11,14,16,28H,12-13,15H2,1-3H3,(H,23,25,26). The highest BCUT2D eigenvalue weighted by Crippen LogP contribution is 2.23. The first-order valence-electron chi connectivity index (χ1n) is 9.66. The molecule has 1 aromatic carbocycles. The summed E-state index contributed by atoms with van der Waals surface area (Å²) in [4.78, 5) is 15.2. The number of ether oxygens (including phenoxy) is 1. The maximum absolute atomic E-state index is 9.03. The molecule has 0 unspecified atom stereocenters. The van der Waals surface area contributed by atoms with Crippen LogP contribution in [0.15, 0.2) is 54.9 Å². The summed E-state index contributed by atoms with van der Waals surface area (Å²) in [6.45, 7) is 5.57. The molecule has 2 heterocycles. The summed E-state index contributed by atoms with van der Waals surface area (Å²) in [5, 5.41) is 12.2. The molecule has 0 amide bonds. The average molecular weight is 393 g/mol. The minimum absolute atomic E-state index is 0.0869. The van der Waals surface area contributed by atoms with Crippen LogP contribution >= 0.6 is 0 Å². The number of nitrogens with zero attached hydrogens (tertiary/aromatic N) is 4. The first kappa shape index (κ1) is 20.5. The molecule has 0 spiro atoms. The zero-order valence-electron chi connectivity index (χ0n) is 17.0. The first-order valence-corrected chi connectivity index (χ1v) is 9.66. The Hall–Kier alpha value is -3.19. The fourth-order valence-corrected chi connectivity index (χ4v) is 2.64. The van der Waals surface area contributed by atoms with Crippen LogP contribution in [0.25, 0.3) is 11.3 Å². The third kappa shape index (κ3) is 5.89. The third-order valence-corrected chi connectivity index (χ3v) is 4.22. The Balaban J connectivity index is 1.68. The summed E-state index contributed by atoms with van der Waals surface area (Å²) >= 11 is 0. The first-order chi connectivity index (χ1) is 14.0. The molecule has 2 aromatic heterocycles. The maximum Gasteiger partial charge on any atom is 0.227 e. The number of benzene rings is 1. The lowest BCUT2D eigenvalue weighted by Gasteiger charge is -2.16. The van der Waals surface area contributed by atoms with Crippen molar-refractivity contribution in [1.82, 2.24) is 15.0 Å². The van der Waals surface area contributed by atoms with Crippen LogP contribution in [0.2, 0.25) is 0 Å². The normalized spacial score (nSPS) is 10.8. The number of likely N-dealkylation sites (N-methyl/N-ethyl adjacent to an activating group) is 1. The van der Waals surface area contributed by atoms with E-state index in [0.717, 1.165) is 28.5 Å². The third-order valence-electron chi connectivity index (χ3n) is 4.22. The highest BCUT2D eigenvalue weighted by Gasteiger charge is 2.06. The summed E-state index contributed by atoms with van der Waals surface area (Å²) in [5.74, 6) is 2.64. The van der Waals surface area contributed by atoms with Gasteiger partial charge in [0.2, 0.25) is 5.95 Å². The number of hydrogen-bond donors (Lipinski definition) is 2. The Bertz CT molecular complexity index is 898. The van der Waals surface area contributed by atoms with E-state index in [2.05, 4.69) is 34.1 Å². The van der Waals surface area contributed by atoms with Gasteiger partial charge in [-0.15, -0.1) is 0 Å². The Kier molecular flexibility index (Phi) is 6.97. The van der Waals surface area contributed by atoms with Crippen molar-refractivity contribution >= 4 is 17.5 Å². The fraction of sp³-hybridized carbons (Fsp3) is 0.318. The van der Waals surface area contributed by atoms with Gasteiger partial charge in [-0.2, -0.15) is 0 Å². The van der Waals surface area contributed by atoms with Crippen LogP contribution in [0, 0.1) is 5.92 Å². The van der Waals surface area contributed by atoms with E-state index in [0.29, 0.717) is 25.0 Å². The molecule has 7 nitrogen and oxygen atoms in total. The molecule has 0 aliphatic heterocycles. The summed E-state index contributed by atoms with van der Waals surface area (Å²) in [7, 11) is 1.89. The monoisotopic (exact) mass is 393 g/mol. The highest BCUT2D eigenvalue weighted by atomic mass is 16.5. The molecule has 2 N–H and O–H groups in total. The lowest BCUT2D eigenvalue weighted by molar-refractivity contribution is 0.271. The molecule has 3 rings (SSSR count). The zero-order chi connectivity index (χ0) is 20.6. The largest absolute Gasteiger partial charge is 0.493 e. The number of pyridine rings is 1. The Morgan fingerprint density at radius 2 is 1.86 bits per heavy atom. The van der Waals surface area contributed by atoms with Crippen molar-refractivity contribution in [3.05, 3.63) is 54.9 Å². The van der Waals surface area contributed by atoms with Crippen molar-refractivity contribution in [2.75, 3.05) is 37.0 Å². The molecule has 152 valence electrons. The van der Waals surface area contributed by atoms with Crippen LogP contribution in [-0.2, 0) is 0 Å². The van der Waals surface area contributed by atoms with Crippen molar-refractivity contribution in [2.24, 2.45) is 5.92 Å².